The van der Waals surface area contributed by atoms with Crippen molar-refractivity contribution in [3.63, 3.8) is 0 Å². The molecule has 0 aliphatic rings. The number of amides is 1. The Morgan fingerprint density at radius 1 is 1.67 bits per heavy atom. The number of nitrogens with two attached hydrogens (primary N) is 1. The Labute approximate surface area is 89.0 Å². The number of carbonyl (C=O) groups is 1. The Hall–Kier alpha value is -1.36. The minimum Gasteiger partial charge on any atom is -0.360 e. The molecule has 0 saturated carbocycles. The van der Waals surface area contributed by atoms with Crippen LogP contribution in [0.1, 0.15) is 19.6 Å². The van der Waals surface area contributed by atoms with Crippen molar-refractivity contribution in [3.05, 3.63) is 11.8 Å². The smallest absolute Gasteiger partial charge is 0.230 e. The molecule has 0 radical (unpaired) electrons. The zero-order valence-corrected chi connectivity index (χ0v) is 9.28. The number of hydrogen-bond donors (Lipinski definition) is 2. The first-order valence-electron chi connectivity index (χ1n) is 4.98. The first-order chi connectivity index (χ1) is 7.04. The van der Waals surface area contributed by atoms with Gasteiger partial charge >= 0.3 is 0 Å². The number of nitrogens with one attached hydrogen (secondary N) is 1. The molecule has 0 fully saturated rings. The molecule has 5 nitrogen and oxygen atoms in total. The van der Waals surface area contributed by atoms with Gasteiger partial charge in [-0.05, 0) is 12.8 Å². The molecule has 1 rings (SSSR count). The highest BCUT2D eigenvalue weighted by atomic mass is 16.5. The van der Waals surface area contributed by atoms with Gasteiger partial charge in [0.05, 0.1) is 5.92 Å². The minimum atomic E-state index is -0.193. The van der Waals surface area contributed by atoms with E-state index in [1.165, 1.54) is 0 Å². The van der Waals surface area contributed by atoms with Crippen molar-refractivity contribution in [3.8, 4) is 0 Å². The highest BCUT2D eigenvalue weighted by molar-refractivity contribution is 5.91. The third-order valence-electron chi connectivity index (χ3n) is 2.27. The fraction of sp³-hybridized carbons (Fsp3) is 0.600. The Morgan fingerprint density at radius 3 is 2.73 bits per heavy atom. The maximum atomic E-state index is 11.7. The summed E-state index contributed by atoms with van der Waals surface area (Å²) in [6, 6.07) is 1.67. The maximum Gasteiger partial charge on any atom is 0.230 e. The van der Waals surface area contributed by atoms with E-state index in [1.807, 2.05) is 13.8 Å². The van der Waals surface area contributed by atoms with Crippen LogP contribution in [-0.2, 0) is 4.79 Å². The Kier molecular flexibility index (Phi) is 3.85. The van der Waals surface area contributed by atoms with Crippen molar-refractivity contribution in [1.29, 1.82) is 0 Å². The van der Waals surface area contributed by atoms with Crippen molar-refractivity contribution in [2.45, 2.75) is 20.8 Å². The van der Waals surface area contributed by atoms with Crippen LogP contribution in [0.3, 0.4) is 0 Å². The molecule has 0 aliphatic carbocycles. The number of nitrogens with zero attached hydrogens (tertiary/aromatic N) is 1. The van der Waals surface area contributed by atoms with Crippen LogP contribution < -0.4 is 11.1 Å². The van der Waals surface area contributed by atoms with Gasteiger partial charge in [0.15, 0.2) is 5.82 Å². The van der Waals surface area contributed by atoms with Crippen LogP contribution in [0.4, 0.5) is 5.82 Å². The third kappa shape index (κ3) is 3.06. The van der Waals surface area contributed by atoms with Crippen LogP contribution in [-0.4, -0.2) is 17.6 Å². The molecule has 1 atom stereocenters. The van der Waals surface area contributed by atoms with Gasteiger partial charge in [0.25, 0.3) is 0 Å². The van der Waals surface area contributed by atoms with Gasteiger partial charge in [0, 0.05) is 12.6 Å². The summed E-state index contributed by atoms with van der Waals surface area (Å²) < 4.78 is 4.84. The molecular formula is C10H17N3O2. The fourth-order valence-electron chi connectivity index (χ4n) is 1.33. The predicted octanol–water partition coefficient (Wildman–Crippen LogP) is 1.15. The van der Waals surface area contributed by atoms with E-state index < -0.39 is 0 Å². The van der Waals surface area contributed by atoms with Gasteiger partial charge in [-0.1, -0.05) is 19.0 Å². The third-order valence-corrected chi connectivity index (χ3v) is 2.27. The van der Waals surface area contributed by atoms with E-state index in [2.05, 4.69) is 10.5 Å². The summed E-state index contributed by atoms with van der Waals surface area (Å²) in [5.74, 6) is 1.02. The van der Waals surface area contributed by atoms with Gasteiger partial charge < -0.3 is 15.6 Å². The van der Waals surface area contributed by atoms with Crippen molar-refractivity contribution in [1.82, 2.24) is 5.16 Å². The lowest BCUT2D eigenvalue weighted by Gasteiger charge is -2.16. The fourth-order valence-corrected chi connectivity index (χ4v) is 1.33. The molecule has 1 aromatic heterocycles. The van der Waals surface area contributed by atoms with Crippen LogP contribution in [0.2, 0.25) is 0 Å². The van der Waals surface area contributed by atoms with Crippen molar-refractivity contribution in [2.24, 2.45) is 17.6 Å². The Balaban J connectivity index is 2.62. The molecule has 1 amide bonds. The Morgan fingerprint density at radius 2 is 2.33 bits per heavy atom. The summed E-state index contributed by atoms with van der Waals surface area (Å²) in [6.07, 6.45) is 0. The van der Waals surface area contributed by atoms with Gasteiger partial charge in [-0.15, -0.1) is 0 Å². The second-order valence-electron chi connectivity index (χ2n) is 3.90. The van der Waals surface area contributed by atoms with Crippen LogP contribution in [0, 0.1) is 18.8 Å². The van der Waals surface area contributed by atoms with Crippen molar-refractivity contribution < 1.29 is 9.32 Å². The van der Waals surface area contributed by atoms with Gasteiger partial charge in [-0.2, -0.15) is 0 Å². The summed E-state index contributed by atoms with van der Waals surface area (Å²) in [6.45, 7) is 6.03. The normalized spacial score (nSPS) is 12.9. The molecule has 1 aromatic rings. The summed E-state index contributed by atoms with van der Waals surface area (Å²) >= 11 is 0. The Bertz CT molecular complexity index is 333. The molecule has 84 valence electrons. The number of anilines is 1. The molecule has 3 N–H and O–H groups in total. The molecule has 0 aliphatic heterocycles. The first-order valence-corrected chi connectivity index (χ1v) is 4.98. The average Bonchev–Trinajstić information content (AvgIpc) is 2.51. The number of aromatic nitrogens is 1. The molecule has 0 bridgehead atoms. The van der Waals surface area contributed by atoms with Crippen molar-refractivity contribution in [2.75, 3.05) is 11.9 Å². The van der Waals surface area contributed by atoms with E-state index in [4.69, 9.17) is 10.3 Å². The van der Waals surface area contributed by atoms with E-state index in [9.17, 15) is 4.79 Å². The zero-order valence-electron chi connectivity index (χ0n) is 9.28. The largest absolute Gasteiger partial charge is 0.360 e. The summed E-state index contributed by atoms with van der Waals surface area (Å²) in [4.78, 5) is 11.7. The number of hydrogen-bond acceptors (Lipinski definition) is 4. The average molecular weight is 211 g/mol. The van der Waals surface area contributed by atoms with Gasteiger partial charge in [0.1, 0.15) is 5.76 Å². The van der Waals surface area contributed by atoms with Crippen LogP contribution in [0.25, 0.3) is 0 Å². The zero-order chi connectivity index (χ0) is 11.4. The summed E-state index contributed by atoms with van der Waals surface area (Å²) in [5, 5.41) is 6.36. The molecule has 0 aromatic carbocycles. The second-order valence-corrected chi connectivity index (χ2v) is 3.90. The highest BCUT2D eigenvalue weighted by Gasteiger charge is 2.21. The standard InChI is InChI=1S/C10H17N3O2/c1-6(2)8(5-11)10(14)12-9-4-7(3)15-13-9/h4,6,8H,5,11H2,1-3H3,(H,12,13,14). The van der Waals surface area contributed by atoms with E-state index in [0.717, 1.165) is 0 Å². The lowest BCUT2D eigenvalue weighted by atomic mass is 9.95. The molecule has 15 heavy (non-hydrogen) atoms. The second kappa shape index (κ2) is 4.93. The van der Waals surface area contributed by atoms with E-state index in [1.54, 1.807) is 13.0 Å². The molecule has 5 heteroatoms. The van der Waals surface area contributed by atoms with Crippen molar-refractivity contribution >= 4 is 11.7 Å². The number of carbonyl (C=O) groups excluding carboxylic acids is 1. The summed E-state index contributed by atoms with van der Waals surface area (Å²) in [5.41, 5.74) is 5.53. The highest BCUT2D eigenvalue weighted by Crippen LogP contribution is 2.13. The molecule has 0 saturated heterocycles. The number of rotatable bonds is 4. The number of aryl methyl sites for hydroxylation is 1. The van der Waals surface area contributed by atoms with E-state index >= 15 is 0 Å². The maximum absolute atomic E-state index is 11.7. The molecule has 1 heterocycles. The van der Waals surface area contributed by atoms with Crippen LogP contribution in [0.15, 0.2) is 10.6 Å². The van der Waals surface area contributed by atoms with Crippen LogP contribution >= 0.6 is 0 Å². The minimum absolute atomic E-state index is 0.110. The van der Waals surface area contributed by atoms with Gasteiger partial charge in [-0.3, -0.25) is 4.79 Å². The van der Waals surface area contributed by atoms with Gasteiger partial charge in [-0.25, -0.2) is 0 Å². The summed E-state index contributed by atoms with van der Waals surface area (Å²) in [7, 11) is 0. The SMILES string of the molecule is Cc1cc(NC(=O)C(CN)C(C)C)no1. The lowest BCUT2D eigenvalue weighted by Crippen LogP contribution is -2.33. The lowest BCUT2D eigenvalue weighted by molar-refractivity contribution is -0.120. The van der Waals surface area contributed by atoms with Gasteiger partial charge in [0.2, 0.25) is 5.91 Å². The predicted molar refractivity (Wildman–Crippen MR) is 57.3 cm³/mol. The van der Waals surface area contributed by atoms with Crippen LogP contribution in [0.5, 0.6) is 0 Å². The quantitative estimate of drug-likeness (QED) is 0.782. The molecule has 0 spiro atoms. The monoisotopic (exact) mass is 211 g/mol. The molecule has 1 unspecified atom stereocenters. The van der Waals surface area contributed by atoms with E-state index in [0.29, 0.717) is 18.1 Å². The topological polar surface area (TPSA) is 81.2 Å². The van der Waals surface area contributed by atoms with E-state index in [-0.39, 0.29) is 17.7 Å². The molecular weight excluding hydrogens is 194 g/mol. The first kappa shape index (κ1) is 11.7.